The largest absolute Gasteiger partial charge is 0.496 e. The molecule has 0 aliphatic rings. The molecule has 1 aromatic carbocycles. The van der Waals surface area contributed by atoms with Crippen LogP contribution in [0, 0.1) is 13.8 Å². The summed E-state index contributed by atoms with van der Waals surface area (Å²) in [4.78, 5) is 21.7. The number of methoxy groups -OCH3 is 1. The van der Waals surface area contributed by atoms with E-state index in [-0.39, 0.29) is 5.91 Å². The minimum absolute atomic E-state index is 0.0998. The van der Waals surface area contributed by atoms with E-state index in [9.17, 15) is 4.79 Å². The predicted octanol–water partition coefficient (Wildman–Crippen LogP) is 2.65. The highest BCUT2D eigenvalue weighted by atomic mass is 16.5. The molecule has 11 heteroatoms. The van der Waals surface area contributed by atoms with Crippen LogP contribution < -0.4 is 10.1 Å². The monoisotopic (exact) mass is 443 g/mol. The maximum Gasteiger partial charge on any atom is 0.224 e. The summed E-state index contributed by atoms with van der Waals surface area (Å²) < 4.78 is 7.16. The molecule has 4 heterocycles. The average Bonchev–Trinajstić information content (AvgIpc) is 3.49. The highest BCUT2D eigenvalue weighted by molar-refractivity contribution is 6.03. The van der Waals surface area contributed by atoms with Crippen molar-refractivity contribution in [2.24, 2.45) is 0 Å². The number of nitrogens with one attached hydrogen (secondary N) is 2. The number of H-pyrrole nitrogens is 1. The molecule has 0 bridgehead atoms. The Morgan fingerprint density at radius 1 is 1.18 bits per heavy atom. The number of aromatic nitrogens is 8. The van der Waals surface area contributed by atoms with E-state index in [4.69, 9.17) is 9.72 Å². The standard InChI is InChI=1S/C22H21N9O2/c1-12-14(13(2)31-22(25-12)17(11-24-31)21-27-29-30-28-21)4-7-20(32)26-18-5-6-19(33-3)15-8-9-23-10-16(15)18/h5-6,8-11H,4,7H2,1-3H3,(H,26,32)(H,27,28,29,30). The number of aryl methyl sites for hydroxylation is 2. The van der Waals surface area contributed by atoms with E-state index in [0.29, 0.717) is 35.6 Å². The van der Waals surface area contributed by atoms with Crippen LogP contribution >= 0.6 is 0 Å². The number of carbonyl (C=O) groups is 1. The number of pyridine rings is 1. The van der Waals surface area contributed by atoms with E-state index in [1.165, 1.54) is 0 Å². The Hall–Kier alpha value is -4.41. The number of hydrogen-bond donors (Lipinski definition) is 2. The molecule has 5 aromatic rings. The molecular formula is C22H21N9O2. The van der Waals surface area contributed by atoms with Crippen LogP contribution in [0.2, 0.25) is 0 Å². The van der Waals surface area contributed by atoms with Crippen LogP contribution in [0.5, 0.6) is 5.75 Å². The zero-order valence-electron chi connectivity index (χ0n) is 18.3. The Balaban J connectivity index is 1.37. The van der Waals surface area contributed by atoms with E-state index in [0.717, 1.165) is 33.5 Å². The highest BCUT2D eigenvalue weighted by Crippen LogP contribution is 2.31. The van der Waals surface area contributed by atoms with Gasteiger partial charge in [0.2, 0.25) is 11.7 Å². The number of carbonyl (C=O) groups excluding carboxylic acids is 1. The molecule has 166 valence electrons. The van der Waals surface area contributed by atoms with Crippen LogP contribution in [-0.2, 0) is 11.2 Å². The zero-order chi connectivity index (χ0) is 22.9. The van der Waals surface area contributed by atoms with Gasteiger partial charge in [-0.1, -0.05) is 0 Å². The molecule has 0 atom stereocenters. The third-order valence-corrected chi connectivity index (χ3v) is 5.67. The summed E-state index contributed by atoms with van der Waals surface area (Å²) in [6.07, 6.45) is 5.90. The van der Waals surface area contributed by atoms with Gasteiger partial charge in [0.1, 0.15) is 5.75 Å². The maximum atomic E-state index is 12.8. The number of nitrogens with zero attached hydrogens (tertiary/aromatic N) is 7. The number of fused-ring (bicyclic) bond motifs is 2. The van der Waals surface area contributed by atoms with Gasteiger partial charge in [-0.15, -0.1) is 10.2 Å². The molecule has 11 nitrogen and oxygen atoms in total. The van der Waals surface area contributed by atoms with Gasteiger partial charge >= 0.3 is 0 Å². The Morgan fingerprint density at radius 2 is 2.06 bits per heavy atom. The fraction of sp³-hybridized carbons (Fsp3) is 0.227. The Kier molecular flexibility index (Phi) is 5.13. The molecule has 4 aromatic heterocycles. The lowest BCUT2D eigenvalue weighted by molar-refractivity contribution is -0.116. The third kappa shape index (κ3) is 3.63. The maximum absolute atomic E-state index is 12.8. The summed E-state index contributed by atoms with van der Waals surface area (Å²) in [6, 6.07) is 5.53. The molecule has 5 rings (SSSR count). The van der Waals surface area contributed by atoms with Crippen molar-refractivity contribution in [3.8, 4) is 17.1 Å². The van der Waals surface area contributed by atoms with E-state index in [2.05, 4.69) is 36.0 Å². The lowest BCUT2D eigenvalue weighted by Gasteiger charge is -2.13. The van der Waals surface area contributed by atoms with Gasteiger partial charge in [-0.2, -0.15) is 10.3 Å². The summed E-state index contributed by atoms with van der Waals surface area (Å²) in [5, 5.41) is 23.2. The number of tetrazole rings is 1. The second-order valence-electron chi connectivity index (χ2n) is 7.58. The molecule has 0 saturated heterocycles. The second kappa shape index (κ2) is 8.26. The topological polar surface area (TPSA) is 136 Å². The van der Waals surface area contributed by atoms with Crippen molar-refractivity contribution >= 4 is 28.0 Å². The van der Waals surface area contributed by atoms with Crippen molar-refractivity contribution in [2.75, 3.05) is 12.4 Å². The van der Waals surface area contributed by atoms with Crippen molar-refractivity contribution in [2.45, 2.75) is 26.7 Å². The van der Waals surface area contributed by atoms with Gasteiger partial charge in [-0.05, 0) is 49.2 Å². The smallest absolute Gasteiger partial charge is 0.224 e. The first-order chi connectivity index (χ1) is 16.1. The molecule has 0 aliphatic carbocycles. The van der Waals surface area contributed by atoms with Gasteiger partial charge in [-0.3, -0.25) is 9.78 Å². The summed E-state index contributed by atoms with van der Waals surface area (Å²) >= 11 is 0. The Labute approximate surface area is 188 Å². The van der Waals surface area contributed by atoms with E-state index in [1.807, 2.05) is 32.0 Å². The van der Waals surface area contributed by atoms with Gasteiger partial charge in [-0.25, -0.2) is 9.50 Å². The number of aromatic amines is 1. The van der Waals surface area contributed by atoms with Crippen LogP contribution in [0.4, 0.5) is 5.69 Å². The normalized spacial score (nSPS) is 11.2. The molecule has 0 unspecified atom stereocenters. The second-order valence-corrected chi connectivity index (χ2v) is 7.58. The Bertz CT molecular complexity index is 1470. The number of ether oxygens (including phenoxy) is 1. The highest BCUT2D eigenvalue weighted by Gasteiger charge is 2.18. The lowest BCUT2D eigenvalue weighted by atomic mass is 10.1. The third-order valence-electron chi connectivity index (χ3n) is 5.67. The molecule has 2 N–H and O–H groups in total. The summed E-state index contributed by atoms with van der Waals surface area (Å²) in [6.45, 7) is 3.89. The van der Waals surface area contributed by atoms with Crippen LogP contribution in [0.1, 0.15) is 23.4 Å². The lowest BCUT2D eigenvalue weighted by Crippen LogP contribution is -2.14. The molecule has 0 fully saturated rings. The molecule has 0 spiro atoms. The van der Waals surface area contributed by atoms with Crippen molar-refractivity contribution < 1.29 is 9.53 Å². The van der Waals surface area contributed by atoms with Gasteiger partial charge in [0, 0.05) is 41.0 Å². The van der Waals surface area contributed by atoms with Gasteiger partial charge in [0.15, 0.2) is 5.65 Å². The van der Waals surface area contributed by atoms with Crippen molar-refractivity contribution in [3.05, 3.63) is 53.7 Å². The van der Waals surface area contributed by atoms with E-state index in [1.54, 1.807) is 30.2 Å². The summed E-state index contributed by atoms with van der Waals surface area (Å²) in [5.74, 6) is 1.07. The van der Waals surface area contributed by atoms with E-state index >= 15 is 0 Å². The van der Waals surface area contributed by atoms with Crippen molar-refractivity contribution in [1.82, 2.24) is 40.2 Å². The van der Waals surface area contributed by atoms with Crippen LogP contribution in [0.15, 0.2) is 36.8 Å². The number of benzene rings is 1. The summed E-state index contributed by atoms with van der Waals surface area (Å²) in [5.41, 5.74) is 4.76. The van der Waals surface area contributed by atoms with Gasteiger partial charge < -0.3 is 10.1 Å². The van der Waals surface area contributed by atoms with E-state index < -0.39 is 0 Å². The van der Waals surface area contributed by atoms with Crippen molar-refractivity contribution in [3.63, 3.8) is 0 Å². The molecule has 1 amide bonds. The number of hydrogen-bond acceptors (Lipinski definition) is 8. The fourth-order valence-corrected chi connectivity index (χ4v) is 4.01. The van der Waals surface area contributed by atoms with Gasteiger partial charge in [0.05, 0.1) is 24.6 Å². The Morgan fingerprint density at radius 3 is 2.85 bits per heavy atom. The minimum atomic E-state index is -0.0998. The van der Waals surface area contributed by atoms with Crippen LogP contribution in [-0.4, -0.2) is 53.2 Å². The van der Waals surface area contributed by atoms with Crippen molar-refractivity contribution in [1.29, 1.82) is 0 Å². The number of amides is 1. The quantitative estimate of drug-likeness (QED) is 0.409. The van der Waals surface area contributed by atoms with Gasteiger partial charge in [0.25, 0.3) is 0 Å². The molecule has 0 radical (unpaired) electrons. The number of rotatable bonds is 6. The predicted molar refractivity (Wildman–Crippen MR) is 121 cm³/mol. The molecule has 33 heavy (non-hydrogen) atoms. The summed E-state index contributed by atoms with van der Waals surface area (Å²) in [7, 11) is 1.62. The van der Waals surface area contributed by atoms with Crippen LogP contribution in [0.25, 0.3) is 27.8 Å². The fourth-order valence-electron chi connectivity index (χ4n) is 4.01. The molecular weight excluding hydrogens is 422 g/mol. The minimum Gasteiger partial charge on any atom is -0.496 e. The molecule has 0 saturated carbocycles. The average molecular weight is 443 g/mol. The number of anilines is 1. The first kappa shape index (κ1) is 20.5. The first-order valence-corrected chi connectivity index (χ1v) is 10.3. The van der Waals surface area contributed by atoms with Crippen LogP contribution in [0.3, 0.4) is 0 Å². The SMILES string of the molecule is COc1ccc(NC(=O)CCc2c(C)nc3c(-c4nn[nH]n4)cnn3c2C)c2cnccc12. The zero-order valence-corrected chi connectivity index (χ0v) is 18.3. The molecule has 0 aliphatic heterocycles. The first-order valence-electron chi connectivity index (χ1n) is 10.3.